The summed E-state index contributed by atoms with van der Waals surface area (Å²) in [5.74, 6) is 1.14. The lowest BCUT2D eigenvalue weighted by molar-refractivity contribution is -0.154. The van der Waals surface area contributed by atoms with Gasteiger partial charge in [0.25, 0.3) is 0 Å². The van der Waals surface area contributed by atoms with E-state index in [0.29, 0.717) is 38.0 Å². The number of fused-ring (bicyclic) bond motifs is 1. The topological polar surface area (TPSA) is 89.1 Å². The van der Waals surface area contributed by atoms with E-state index in [4.69, 9.17) is 13.9 Å². The Morgan fingerprint density at radius 3 is 2.13 bits per heavy atom. The SMILES string of the molecule is CC(C)(C)CC(C(=O)OCCCC(O)C(O)CCCOc1ccc2cc(-c3ccccc3)oc2c1)C(C)(C)C. The Kier molecular flexibility index (Phi) is 10.6. The van der Waals surface area contributed by atoms with Gasteiger partial charge in [-0.1, -0.05) is 71.9 Å². The van der Waals surface area contributed by atoms with Crippen LogP contribution in [0.5, 0.6) is 5.75 Å². The molecule has 3 atom stereocenters. The van der Waals surface area contributed by atoms with E-state index in [2.05, 4.69) is 41.5 Å². The van der Waals surface area contributed by atoms with Crippen molar-refractivity contribution < 1.29 is 28.9 Å². The zero-order chi connectivity index (χ0) is 28.6. The number of aliphatic hydroxyl groups is 2. The van der Waals surface area contributed by atoms with Gasteiger partial charge in [0.05, 0.1) is 31.3 Å². The Balaban J connectivity index is 1.36. The minimum Gasteiger partial charge on any atom is -0.493 e. The molecular formula is C33H46O6. The van der Waals surface area contributed by atoms with Crippen molar-refractivity contribution in [3.63, 3.8) is 0 Å². The lowest BCUT2D eigenvalue weighted by atomic mass is 9.72. The van der Waals surface area contributed by atoms with E-state index in [9.17, 15) is 15.0 Å². The van der Waals surface area contributed by atoms with Crippen LogP contribution in [0.3, 0.4) is 0 Å². The average Bonchev–Trinajstić information content (AvgIpc) is 3.30. The second-order valence-corrected chi connectivity index (χ2v) is 12.8. The molecule has 6 nitrogen and oxygen atoms in total. The molecular weight excluding hydrogens is 492 g/mol. The van der Waals surface area contributed by atoms with Gasteiger partial charge in [-0.15, -0.1) is 0 Å². The molecule has 0 spiro atoms. The number of esters is 1. The molecule has 1 aromatic heterocycles. The van der Waals surface area contributed by atoms with E-state index in [-0.39, 0.29) is 29.3 Å². The van der Waals surface area contributed by atoms with E-state index in [1.54, 1.807) is 0 Å². The molecule has 0 aliphatic rings. The van der Waals surface area contributed by atoms with Crippen LogP contribution in [0.2, 0.25) is 0 Å². The Morgan fingerprint density at radius 1 is 0.872 bits per heavy atom. The monoisotopic (exact) mass is 538 g/mol. The molecule has 214 valence electrons. The van der Waals surface area contributed by atoms with Crippen molar-refractivity contribution in [3.05, 3.63) is 54.6 Å². The van der Waals surface area contributed by atoms with E-state index in [1.807, 2.05) is 54.6 Å². The van der Waals surface area contributed by atoms with Gasteiger partial charge in [-0.25, -0.2) is 0 Å². The van der Waals surface area contributed by atoms with Gasteiger partial charge in [-0.3, -0.25) is 4.79 Å². The fourth-order valence-corrected chi connectivity index (χ4v) is 4.63. The molecule has 0 fully saturated rings. The maximum atomic E-state index is 12.7. The summed E-state index contributed by atoms with van der Waals surface area (Å²) in [6.45, 7) is 13.2. The molecule has 3 aromatic rings. The Morgan fingerprint density at radius 2 is 1.51 bits per heavy atom. The number of aliphatic hydroxyl groups excluding tert-OH is 2. The molecule has 3 rings (SSSR count). The summed E-state index contributed by atoms with van der Waals surface area (Å²) in [4.78, 5) is 12.7. The Labute approximate surface area is 233 Å². The first-order valence-electron chi connectivity index (χ1n) is 14.1. The molecule has 1 heterocycles. The van der Waals surface area contributed by atoms with Crippen molar-refractivity contribution >= 4 is 16.9 Å². The number of carbonyl (C=O) groups excluding carboxylic acids is 1. The zero-order valence-corrected chi connectivity index (χ0v) is 24.4. The summed E-state index contributed by atoms with van der Waals surface area (Å²) in [6.07, 6.45) is 0.914. The highest BCUT2D eigenvalue weighted by molar-refractivity contribution is 5.83. The van der Waals surface area contributed by atoms with Crippen molar-refractivity contribution in [2.75, 3.05) is 13.2 Å². The smallest absolute Gasteiger partial charge is 0.309 e. The maximum absolute atomic E-state index is 12.7. The molecule has 0 saturated heterocycles. The molecule has 0 aliphatic carbocycles. The van der Waals surface area contributed by atoms with Crippen molar-refractivity contribution in [1.29, 1.82) is 0 Å². The minimum atomic E-state index is -0.868. The number of hydrogen-bond acceptors (Lipinski definition) is 6. The molecule has 39 heavy (non-hydrogen) atoms. The second kappa shape index (κ2) is 13.5. The minimum absolute atomic E-state index is 0.0262. The molecule has 0 amide bonds. The summed E-state index contributed by atoms with van der Waals surface area (Å²) in [5, 5.41) is 21.7. The van der Waals surface area contributed by atoms with Gasteiger partial charge in [0.2, 0.25) is 0 Å². The quantitative estimate of drug-likeness (QED) is 0.174. The molecule has 3 unspecified atom stereocenters. The highest BCUT2D eigenvalue weighted by atomic mass is 16.5. The third-order valence-electron chi connectivity index (χ3n) is 6.94. The van der Waals surface area contributed by atoms with Gasteiger partial charge in [0, 0.05) is 17.0 Å². The van der Waals surface area contributed by atoms with Gasteiger partial charge >= 0.3 is 5.97 Å². The van der Waals surface area contributed by atoms with Gasteiger partial charge in [-0.05, 0) is 61.1 Å². The van der Waals surface area contributed by atoms with Crippen LogP contribution >= 0.6 is 0 Å². The highest BCUT2D eigenvalue weighted by Gasteiger charge is 2.35. The fraction of sp³-hybridized carbons (Fsp3) is 0.545. The number of rotatable bonds is 13. The maximum Gasteiger partial charge on any atom is 0.309 e. The Bertz CT molecular complexity index is 1170. The normalized spacial score (nSPS) is 14.7. The number of furan rings is 1. The van der Waals surface area contributed by atoms with Crippen LogP contribution < -0.4 is 4.74 Å². The number of benzene rings is 2. The van der Waals surface area contributed by atoms with Crippen LogP contribution in [0.1, 0.15) is 73.6 Å². The van der Waals surface area contributed by atoms with Crippen molar-refractivity contribution in [3.8, 4) is 17.1 Å². The van der Waals surface area contributed by atoms with Crippen LogP contribution in [0, 0.1) is 16.7 Å². The fourth-order valence-electron chi connectivity index (χ4n) is 4.63. The van der Waals surface area contributed by atoms with Crippen LogP contribution in [0.4, 0.5) is 0 Å². The first-order chi connectivity index (χ1) is 18.3. The number of hydrogen-bond donors (Lipinski definition) is 2. The number of ether oxygens (including phenoxy) is 2. The van der Waals surface area contributed by atoms with Crippen molar-refractivity contribution in [2.24, 2.45) is 16.7 Å². The first-order valence-corrected chi connectivity index (χ1v) is 14.1. The van der Waals surface area contributed by atoms with E-state index in [0.717, 1.165) is 28.7 Å². The summed E-state index contributed by atoms with van der Waals surface area (Å²) in [7, 11) is 0. The van der Waals surface area contributed by atoms with E-state index in [1.165, 1.54) is 0 Å². The third kappa shape index (κ3) is 9.70. The molecule has 0 aliphatic heterocycles. The van der Waals surface area contributed by atoms with Crippen LogP contribution in [-0.4, -0.2) is 41.6 Å². The highest BCUT2D eigenvalue weighted by Crippen LogP contribution is 2.37. The predicted octanol–water partition coefficient (Wildman–Crippen LogP) is 7.40. The van der Waals surface area contributed by atoms with Gasteiger partial charge in [-0.2, -0.15) is 0 Å². The van der Waals surface area contributed by atoms with Crippen molar-refractivity contribution in [1.82, 2.24) is 0 Å². The summed E-state index contributed by atoms with van der Waals surface area (Å²) in [5.41, 5.74) is 1.63. The summed E-state index contributed by atoms with van der Waals surface area (Å²) < 4.78 is 17.4. The summed E-state index contributed by atoms with van der Waals surface area (Å²) >= 11 is 0. The van der Waals surface area contributed by atoms with Crippen LogP contribution in [0.25, 0.3) is 22.3 Å². The zero-order valence-electron chi connectivity index (χ0n) is 24.4. The summed E-state index contributed by atoms with van der Waals surface area (Å²) in [6, 6.07) is 17.7. The van der Waals surface area contributed by atoms with Crippen LogP contribution in [0.15, 0.2) is 59.0 Å². The third-order valence-corrected chi connectivity index (χ3v) is 6.94. The van der Waals surface area contributed by atoms with Gasteiger partial charge in [0.15, 0.2) is 0 Å². The molecule has 0 saturated carbocycles. The van der Waals surface area contributed by atoms with E-state index < -0.39 is 12.2 Å². The average molecular weight is 539 g/mol. The molecule has 2 aromatic carbocycles. The lowest BCUT2D eigenvalue weighted by Gasteiger charge is -2.33. The Hall–Kier alpha value is -2.83. The van der Waals surface area contributed by atoms with Crippen LogP contribution in [-0.2, 0) is 9.53 Å². The standard InChI is InChI=1S/C33H46O6/c1-32(2,3)22-26(33(4,5)6)31(36)38-19-11-15-28(35)27(34)14-10-18-37-25-17-16-24-20-29(39-30(24)21-25)23-12-8-7-9-13-23/h7-9,12-13,16-17,20-21,26-28,34-35H,10-11,14-15,18-19,22H2,1-6H3. The molecule has 2 N–H and O–H groups in total. The largest absolute Gasteiger partial charge is 0.493 e. The first kappa shape index (κ1) is 30.7. The van der Waals surface area contributed by atoms with E-state index >= 15 is 0 Å². The molecule has 0 bridgehead atoms. The lowest BCUT2D eigenvalue weighted by Crippen LogP contribution is -2.34. The number of carbonyl (C=O) groups is 1. The van der Waals surface area contributed by atoms with Gasteiger partial charge in [0.1, 0.15) is 17.1 Å². The van der Waals surface area contributed by atoms with Gasteiger partial charge < -0.3 is 24.1 Å². The van der Waals surface area contributed by atoms with Crippen molar-refractivity contribution in [2.45, 2.75) is 85.9 Å². The molecule has 6 heteroatoms. The second-order valence-electron chi connectivity index (χ2n) is 12.8. The predicted molar refractivity (Wildman–Crippen MR) is 156 cm³/mol. The molecule has 0 radical (unpaired) electrons.